The molecule has 2 aliphatic rings. The second kappa shape index (κ2) is 7.34. The van der Waals surface area contributed by atoms with Gasteiger partial charge in [0.05, 0.1) is 6.54 Å². The summed E-state index contributed by atoms with van der Waals surface area (Å²) in [5.41, 5.74) is 0. The third kappa shape index (κ3) is 3.77. The Kier molecular flexibility index (Phi) is 5.18. The Bertz CT molecular complexity index is 592. The van der Waals surface area contributed by atoms with Gasteiger partial charge in [-0.3, -0.25) is 14.5 Å². The van der Waals surface area contributed by atoms with Crippen LogP contribution in [0.5, 0.6) is 0 Å². The van der Waals surface area contributed by atoms with E-state index in [0.29, 0.717) is 38.6 Å². The van der Waals surface area contributed by atoms with Crippen LogP contribution >= 0.6 is 0 Å². The average Bonchev–Trinajstić information content (AvgIpc) is 3.01. The molecule has 132 valence electrons. The van der Waals surface area contributed by atoms with Crippen LogP contribution in [-0.2, 0) is 16.6 Å². The van der Waals surface area contributed by atoms with Crippen molar-refractivity contribution in [2.75, 3.05) is 45.8 Å². The zero-order valence-corrected chi connectivity index (χ0v) is 14.6. The Morgan fingerprint density at radius 2 is 1.88 bits per heavy atom. The van der Waals surface area contributed by atoms with Crippen molar-refractivity contribution in [3.63, 3.8) is 0 Å². The minimum Gasteiger partial charge on any atom is -0.339 e. The van der Waals surface area contributed by atoms with Crippen molar-refractivity contribution in [2.45, 2.75) is 25.7 Å². The number of aromatic nitrogens is 2. The van der Waals surface area contributed by atoms with Crippen molar-refractivity contribution < 1.29 is 9.59 Å². The number of piperazine rings is 1. The first-order valence-electron chi connectivity index (χ1n) is 8.77. The van der Waals surface area contributed by atoms with E-state index in [9.17, 15) is 9.59 Å². The number of nitrogens with zero attached hydrogens (tertiary/aromatic N) is 5. The smallest absolute Gasteiger partial charge is 0.236 e. The molecule has 24 heavy (non-hydrogen) atoms. The first-order chi connectivity index (χ1) is 11.5. The van der Waals surface area contributed by atoms with E-state index >= 15 is 0 Å². The molecule has 0 N–H and O–H groups in total. The first-order valence-corrected chi connectivity index (χ1v) is 8.77. The molecule has 7 heteroatoms. The summed E-state index contributed by atoms with van der Waals surface area (Å²) in [7, 11) is 2.03. The van der Waals surface area contributed by atoms with Crippen LogP contribution in [0.2, 0.25) is 0 Å². The van der Waals surface area contributed by atoms with E-state index in [1.165, 1.54) is 0 Å². The number of hydrogen-bond acceptors (Lipinski definition) is 4. The molecule has 3 rings (SSSR count). The molecule has 0 aliphatic carbocycles. The standard InChI is InChI=1S/C17H27N5O2/c1-14(23)21-8-10-22(11-9-21)16(24)13-20-6-3-4-15(12-20)17-18-5-7-19(17)2/h5,7,15H,3-4,6,8-13H2,1-2H3. The van der Waals surface area contributed by atoms with Crippen molar-refractivity contribution in [3.05, 3.63) is 18.2 Å². The van der Waals surface area contributed by atoms with Crippen molar-refractivity contribution in [2.24, 2.45) is 7.05 Å². The largest absolute Gasteiger partial charge is 0.339 e. The highest BCUT2D eigenvalue weighted by molar-refractivity contribution is 5.79. The van der Waals surface area contributed by atoms with Crippen LogP contribution in [0, 0.1) is 0 Å². The first kappa shape index (κ1) is 17.0. The van der Waals surface area contributed by atoms with Gasteiger partial charge in [0.15, 0.2) is 0 Å². The molecule has 0 spiro atoms. The number of hydrogen-bond donors (Lipinski definition) is 0. The van der Waals surface area contributed by atoms with Crippen LogP contribution < -0.4 is 0 Å². The summed E-state index contributed by atoms with van der Waals surface area (Å²) < 4.78 is 2.08. The number of piperidine rings is 1. The van der Waals surface area contributed by atoms with Crippen molar-refractivity contribution in [1.29, 1.82) is 0 Å². The maximum absolute atomic E-state index is 12.6. The molecule has 0 aromatic carbocycles. The van der Waals surface area contributed by atoms with E-state index < -0.39 is 0 Å². The van der Waals surface area contributed by atoms with Crippen LogP contribution in [0.25, 0.3) is 0 Å². The molecule has 1 atom stereocenters. The fourth-order valence-corrected chi connectivity index (χ4v) is 3.74. The molecule has 1 unspecified atom stereocenters. The van der Waals surface area contributed by atoms with Gasteiger partial charge in [0.25, 0.3) is 0 Å². The van der Waals surface area contributed by atoms with Crippen molar-refractivity contribution >= 4 is 11.8 Å². The number of carbonyl (C=O) groups is 2. The molecule has 1 aromatic rings. The molecule has 2 amide bonds. The van der Waals surface area contributed by atoms with Crippen molar-refractivity contribution in [1.82, 2.24) is 24.3 Å². The maximum Gasteiger partial charge on any atom is 0.236 e. The lowest BCUT2D eigenvalue weighted by Gasteiger charge is -2.37. The lowest BCUT2D eigenvalue weighted by atomic mass is 9.97. The van der Waals surface area contributed by atoms with E-state index in [0.717, 1.165) is 31.8 Å². The van der Waals surface area contributed by atoms with E-state index in [4.69, 9.17) is 0 Å². The molecule has 3 heterocycles. The van der Waals surface area contributed by atoms with Crippen LogP contribution in [0.1, 0.15) is 31.5 Å². The van der Waals surface area contributed by atoms with Gasteiger partial charge in [-0.05, 0) is 19.4 Å². The highest BCUT2D eigenvalue weighted by Gasteiger charge is 2.28. The molecular weight excluding hydrogens is 306 g/mol. The van der Waals surface area contributed by atoms with Crippen LogP contribution in [-0.4, -0.2) is 81.9 Å². The summed E-state index contributed by atoms with van der Waals surface area (Å²) in [5.74, 6) is 1.79. The zero-order chi connectivity index (χ0) is 17.1. The van der Waals surface area contributed by atoms with Gasteiger partial charge in [-0.1, -0.05) is 0 Å². The van der Waals surface area contributed by atoms with Crippen LogP contribution in [0.15, 0.2) is 12.4 Å². The molecule has 2 aliphatic heterocycles. The van der Waals surface area contributed by atoms with E-state index in [2.05, 4.69) is 14.5 Å². The monoisotopic (exact) mass is 333 g/mol. The molecule has 2 fully saturated rings. The molecule has 0 bridgehead atoms. The molecule has 2 saturated heterocycles. The summed E-state index contributed by atoms with van der Waals surface area (Å²) in [4.78, 5) is 34.4. The number of amides is 2. The minimum atomic E-state index is 0.0936. The molecule has 0 saturated carbocycles. The van der Waals surface area contributed by atoms with Crippen LogP contribution in [0.3, 0.4) is 0 Å². The van der Waals surface area contributed by atoms with Gasteiger partial charge in [0.1, 0.15) is 5.82 Å². The van der Waals surface area contributed by atoms with Gasteiger partial charge in [-0.2, -0.15) is 0 Å². The Morgan fingerprint density at radius 3 is 2.50 bits per heavy atom. The summed E-state index contributed by atoms with van der Waals surface area (Å²) >= 11 is 0. The lowest BCUT2D eigenvalue weighted by molar-refractivity contribution is -0.139. The molecular formula is C17H27N5O2. The predicted octanol–water partition coefficient (Wildman–Crippen LogP) is 0.290. The predicted molar refractivity (Wildman–Crippen MR) is 90.5 cm³/mol. The second-order valence-corrected chi connectivity index (χ2v) is 6.86. The number of aryl methyl sites for hydroxylation is 1. The normalized spacial score (nSPS) is 22.7. The fourth-order valence-electron chi connectivity index (χ4n) is 3.74. The van der Waals surface area contributed by atoms with E-state index in [1.807, 2.05) is 29.2 Å². The number of carbonyl (C=O) groups excluding carboxylic acids is 2. The Balaban J connectivity index is 1.51. The SMILES string of the molecule is CC(=O)N1CCN(C(=O)CN2CCCC(c3nccn3C)C2)CC1. The van der Waals surface area contributed by atoms with Gasteiger partial charge in [-0.15, -0.1) is 0 Å². The summed E-state index contributed by atoms with van der Waals surface area (Å²) in [6.07, 6.45) is 6.05. The number of rotatable bonds is 3. The van der Waals surface area contributed by atoms with E-state index in [-0.39, 0.29) is 11.8 Å². The number of imidazole rings is 1. The summed E-state index contributed by atoms with van der Waals surface area (Å²) in [6, 6.07) is 0. The third-order valence-corrected chi connectivity index (χ3v) is 5.17. The quantitative estimate of drug-likeness (QED) is 0.798. The Morgan fingerprint density at radius 1 is 1.17 bits per heavy atom. The molecule has 1 aromatic heterocycles. The minimum absolute atomic E-state index is 0.0936. The molecule has 7 nitrogen and oxygen atoms in total. The molecule has 0 radical (unpaired) electrons. The Hall–Kier alpha value is -1.89. The lowest BCUT2D eigenvalue weighted by Crippen LogP contribution is -2.52. The van der Waals surface area contributed by atoms with Gasteiger partial charge in [0.2, 0.25) is 11.8 Å². The highest BCUT2D eigenvalue weighted by atomic mass is 16.2. The number of likely N-dealkylation sites (tertiary alicyclic amines) is 1. The maximum atomic E-state index is 12.6. The Labute approximate surface area is 143 Å². The topological polar surface area (TPSA) is 61.7 Å². The van der Waals surface area contributed by atoms with Gasteiger partial charge in [0, 0.05) is 65.0 Å². The van der Waals surface area contributed by atoms with Crippen molar-refractivity contribution in [3.8, 4) is 0 Å². The fraction of sp³-hybridized carbons (Fsp3) is 0.706. The third-order valence-electron chi connectivity index (χ3n) is 5.17. The average molecular weight is 333 g/mol. The second-order valence-electron chi connectivity index (χ2n) is 6.86. The highest BCUT2D eigenvalue weighted by Crippen LogP contribution is 2.25. The summed E-state index contributed by atoms with van der Waals surface area (Å²) in [6.45, 7) is 6.52. The van der Waals surface area contributed by atoms with Gasteiger partial charge < -0.3 is 14.4 Å². The van der Waals surface area contributed by atoms with Crippen LogP contribution in [0.4, 0.5) is 0 Å². The van der Waals surface area contributed by atoms with Gasteiger partial charge in [-0.25, -0.2) is 4.98 Å². The van der Waals surface area contributed by atoms with Gasteiger partial charge >= 0.3 is 0 Å². The zero-order valence-electron chi connectivity index (χ0n) is 14.6. The van der Waals surface area contributed by atoms with E-state index in [1.54, 1.807) is 6.92 Å². The summed E-state index contributed by atoms with van der Waals surface area (Å²) in [5, 5.41) is 0.